The molecule has 5 nitrogen and oxygen atoms in total. The van der Waals surface area contributed by atoms with Crippen LogP contribution in [-0.2, 0) is 11.3 Å². The van der Waals surface area contributed by atoms with Gasteiger partial charge in [0.1, 0.15) is 6.54 Å². The molecule has 2 heterocycles. The van der Waals surface area contributed by atoms with Crippen molar-refractivity contribution in [2.24, 2.45) is 0 Å². The molecule has 0 spiro atoms. The Kier molecular flexibility index (Phi) is 2.71. The third-order valence-electron chi connectivity index (χ3n) is 2.36. The molecular formula is C10H14N4O. The van der Waals surface area contributed by atoms with Gasteiger partial charge in [-0.15, -0.1) is 0 Å². The highest BCUT2D eigenvalue weighted by Gasteiger charge is 2.14. The molecule has 15 heavy (non-hydrogen) atoms. The van der Waals surface area contributed by atoms with Crippen LogP contribution in [0, 0.1) is 0 Å². The number of nitrogens with zero attached hydrogens (tertiary/aromatic N) is 3. The van der Waals surface area contributed by atoms with E-state index in [9.17, 15) is 4.79 Å². The number of anilines is 1. The van der Waals surface area contributed by atoms with Crippen LogP contribution in [0.5, 0.6) is 0 Å². The van der Waals surface area contributed by atoms with Crippen molar-refractivity contribution in [3.63, 3.8) is 0 Å². The van der Waals surface area contributed by atoms with Gasteiger partial charge in [0, 0.05) is 19.3 Å². The number of amides is 1. The number of carbonyl (C=O) groups excluding carboxylic acids is 1. The number of rotatable bonds is 2. The first kappa shape index (κ1) is 9.76. The Bertz CT molecular complexity index is 383. The molecule has 0 aliphatic carbocycles. The van der Waals surface area contributed by atoms with E-state index in [4.69, 9.17) is 5.73 Å². The molecule has 1 aliphatic rings. The first-order valence-corrected chi connectivity index (χ1v) is 4.96. The quantitative estimate of drug-likeness (QED) is 0.706. The highest BCUT2D eigenvalue weighted by molar-refractivity contribution is 5.76. The van der Waals surface area contributed by atoms with Crippen LogP contribution in [0.1, 0.15) is 6.42 Å². The number of nitrogen functional groups attached to an aromatic ring is 1. The smallest absolute Gasteiger partial charge is 0.244 e. The van der Waals surface area contributed by atoms with Gasteiger partial charge in [0.25, 0.3) is 0 Å². The van der Waals surface area contributed by atoms with Crippen molar-refractivity contribution >= 4 is 11.6 Å². The van der Waals surface area contributed by atoms with E-state index in [0.717, 1.165) is 13.0 Å². The van der Waals surface area contributed by atoms with Crippen molar-refractivity contribution in [1.29, 1.82) is 0 Å². The fourth-order valence-corrected chi connectivity index (χ4v) is 1.57. The minimum absolute atomic E-state index is 0.0856. The van der Waals surface area contributed by atoms with Crippen LogP contribution in [0.3, 0.4) is 0 Å². The zero-order valence-corrected chi connectivity index (χ0v) is 8.47. The standard InChI is InChI=1S/C10H14N4O/c11-9-6-12-14(7-9)8-10(15)13-4-2-1-3-5-13/h1-2,6-7H,3-5,8,11H2. The molecule has 1 aromatic rings. The fourth-order valence-electron chi connectivity index (χ4n) is 1.57. The summed E-state index contributed by atoms with van der Waals surface area (Å²) in [5.74, 6) is 0.0856. The fraction of sp³-hybridized carbons (Fsp3) is 0.400. The zero-order valence-electron chi connectivity index (χ0n) is 8.47. The highest BCUT2D eigenvalue weighted by atomic mass is 16.2. The van der Waals surface area contributed by atoms with Gasteiger partial charge in [0.2, 0.25) is 5.91 Å². The van der Waals surface area contributed by atoms with Crippen LogP contribution in [0.4, 0.5) is 5.69 Å². The molecule has 0 radical (unpaired) electrons. The molecule has 0 fully saturated rings. The van der Waals surface area contributed by atoms with Gasteiger partial charge in [-0.3, -0.25) is 9.48 Å². The van der Waals surface area contributed by atoms with Gasteiger partial charge in [0.15, 0.2) is 0 Å². The molecule has 0 aromatic carbocycles. The molecule has 1 amide bonds. The molecule has 0 saturated heterocycles. The Morgan fingerprint density at radius 1 is 1.53 bits per heavy atom. The van der Waals surface area contributed by atoms with Crippen molar-refractivity contribution in [3.05, 3.63) is 24.5 Å². The average Bonchev–Trinajstić information content (AvgIpc) is 2.65. The lowest BCUT2D eigenvalue weighted by Crippen LogP contribution is -2.36. The number of carbonyl (C=O) groups is 1. The monoisotopic (exact) mass is 206 g/mol. The Labute approximate surface area is 88.2 Å². The molecule has 1 aromatic heterocycles. The molecular weight excluding hydrogens is 192 g/mol. The SMILES string of the molecule is Nc1cnn(CC(=O)N2CC=CCC2)c1. The second kappa shape index (κ2) is 4.16. The van der Waals surface area contributed by atoms with Gasteiger partial charge in [-0.05, 0) is 6.42 Å². The highest BCUT2D eigenvalue weighted by Crippen LogP contribution is 2.04. The Morgan fingerprint density at radius 2 is 2.40 bits per heavy atom. The summed E-state index contributed by atoms with van der Waals surface area (Å²) in [7, 11) is 0. The van der Waals surface area contributed by atoms with Gasteiger partial charge in [-0.2, -0.15) is 5.10 Å². The average molecular weight is 206 g/mol. The van der Waals surface area contributed by atoms with Crippen LogP contribution < -0.4 is 5.73 Å². The van der Waals surface area contributed by atoms with Crippen LogP contribution in [0.25, 0.3) is 0 Å². The minimum atomic E-state index is 0.0856. The topological polar surface area (TPSA) is 64.1 Å². The molecule has 2 rings (SSSR count). The van der Waals surface area contributed by atoms with Crippen molar-refractivity contribution in [2.45, 2.75) is 13.0 Å². The lowest BCUT2D eigenvalue weighted by molar-refractivity contribution is -0.131. The van der Waals surface area contributed by atoms with E-state index in [1.54, 1.807) is 17.1 Å². The number of aromatic nitrogens is 2. The first-order valence-electron chi connectivity index (χ1n) is 4.96. The lowest BCUT2D eigenvalue weighted by Gasteiger charge is -2.23. The number of nitrogens with two attached hydrogens (primary N) is 1. The molecule has 0 saturated carbocycles. The summed E-state index contributed by atoms with van der Waals surface area (Å²) in [6.45, 7) is 1.77. The second-order valence-corrected chi connectivity index (χ2v) is 3.57. The molecule has 2 N–H and O–H groups in total. The lowest BCUT2D eigenvalue weighted by atomic mass is 10.2. The van der Waals surface area contributed by atoms with Crippen LogP contribution in [0.2, 0.25) is 0 Å². The molecule has 0 atom stereocenters. The summed E-state index contributed by atoms with van der Waals surface area (Å²) in [5, 5.41) is 3.98. The van der Waals surface area contributed by atoms with Gasteiger partial charge in [0.05, 0.1) is 11.9 Å². The zero-order chi connectivity index (χ0) is 10.7. The van der Waals surface area contributed by atoms with Crippen molar-refractivity contribution < 1.29 is 4.79 Å². The second-order valence-electron chi connectivity index (χ2n) is 3.57. The van der Waals surface area contributed by atoms with E-state index in [1.807, 2.05) is 11.0 Å². The number of hydrogen-bond acceptors (Lipinski definition) is 3. The molecule has 1 aliphatic heterocycles. The van der Waals surface area contributed by atoms with Crippen LogP contribution in [0.15, 0.2) is 24.5 Å². The van der Waals surface area contributed by atoms with Crippen LogP contribution >= 0.6 is 0 Å². The van der Waals surface area contributed by atoms with Crippen molar-refractivity contribution in [2.75, 3.05) is 18.8 Å². The van der Waals surface area contributed by atoms with Gasteiger partial charge in [-0.25, -0.2) is 0 Å². The van der Waals surface area contributed by atoms with Gasteiger partial charge >= 0.3 is 0 Å². The Morgan fingerprint density at radius 3 is 3.00 bits per heavy atom. The summed E-state index contributed by atoms with van der Waals surface area (Å²) < 4.78 is 1.57. The third kappa shape index (κ3) is 2.37. The molecule has 0 unspecified atom stereocenters. The minimum Gasteiger partial charge on any atom is -0.396 e. The summed E-state index contributed by atoms with van der Waals surface area (Å²) in [4.78, 5) is 13.6. The molecule has 80 valence electrons. The Hall–Kier alpha value is -1.78. The maximum absolute atomic E-state index is 11.8. The predicted octanol–water partition coefficient (Wildman–Crippen LogP) is 0.254. The third-order valence-corrected chi connectivity index (χ3v) is 2.36. The Balaban J connectivity index is 1.94. The summed E-state index contributed by atoms with van der Waals surface area (Å²) in [5.41, 5.74) is 6.10. The summed E-state index contributed by atoms with van der Waals surface area (Å²) >= 11 is 0. The van der Waals surface area contributed by atoms with Gasteiger partial charge in [-0.1, -0.05) is 12.2 Å². The maximum atomic E-state index is 11.8. The van der Waals surface area contributed by atoms with E-state index in [2.05, 4.69) is 11.2 Å². The summed E-state index contributed by atoms with van der Waals surface area (Å²) in [6, 6.07) is 0. The van der Waals surface area contributed by atoms with E-state index < -0.39 is 0 Å². The molecule has 5 heteroatoms. The molecule has 0 bridgehead atoms. The normalized spacial score (nSPS) is 15.6. The van der Waals surface area contributed by atoms with Gasteiger partial charge < -0.3 is 10.6 Å². The van der Waals surface area contributed by atoms with Crippen molar-refractivity contribution in [3.8, 4) is 0 Å². The largest absolute Gasteiger partial charge is 0.396 e. The van der Waals surface area contributed by atoms with E-state index in [1.165, 1.54) is 0 Å². The maximum Gasteiger partial charge on any atom is 0.244 e. The van der Waals surface area contributed by atoms with E-state index in [0.29, 0.717) is 12.2 Å². The van der Waals surface area contributed by atoms with Crippen LogP contribution in [-0.4, -0.2) is 33.7 Å². The van der Waals surface area contributed by atoms with E-state index in [-0.39, 0.29) is 12.5 Å². The van der Waals surface area contributed by atoms with E-state index >= 15 is 0 Å². The summed E-state index contributed by atoms with van der Waals surface area (Å²) in [6.07, 6.45) is 8.25. The number of hydrogen-bond donors (Lipinski definition) is 1. The first-order chi connectivity index (χ1) is 7.25. The predicted molar refractivity (Wildman–Crippen MR) is 57.0 cm³/mol. The van der Waals surface area contributed by atoms with Crippen molar-refractivity contribution in [1.82, 2.24) is 14.7 Å².